The highest BCUT2D eigenvalue weighted by Gasteiger charge is 2.21. The number of hydrazine groups is 1. The van der Waals surface area contributed by atoms with Gasteiger partial charge < -0.3 is 4.74 Å². The summed E-state index contributed by atoms with van der Waals surface area (Å²) in [6, 6.07) is 12.0. The summed E-state index contributed by atoms with van der Waals surface area (Å²) in [5, 5.41) is 1.96. The third-order valence-electron chi connectivity index (χ3n) is 4.82. The molecule has 0 fully saturated rings. The minimum atomic E-state index is -0.658. The smallest absolute Gasteiger partial charge is 0.419 e. The maximum atomic E-state index is 13.1. The topological polar surface area (TPSA) is 80.6 Å². The molecular weight excluding hydrogens is 437 g/mol. The van der Waals surface area contributed by atoms with E-state index < -0.39 is 29.3 Å². The Kier molecular flexibility index (Phi) is 7.20. The molecule has 8 heteroatoms. The molecule has 2 amide bonds. The predicted molar refractivity (Wildman–Crippen MR) is 128 cm³/mol. The highest BCUT2D eigenvalue weighted by Crippen LogP contribution is 2.24. The summed E-state index contributed by atoms with van der Waals surface area (Å²) >= 11 is 0. The van der Waals surface area contributed by atoms with Crippen LogP contribution in [0.4, 0.5) is 9.18 Å². The molecule has 178 valence electrons. The number of aromatic nitrogens is 1. The van der Waals surface area contributed by atoms with E-state index in [0.717, 1.165) is 5.39 Å². The van der Waals surface area contributed by atoms with Gasteiger partial charge in [-0.15, -0.1) is 0 Å². The van der Waals surface area contributed by atoms with Gasteiger partial charge in [0.25, 0.3) is 11.8 Å². The Labute approximate surface area is 197 Å². The number of halogens is 1. The molecule has 0 unspecified atom stereocenters. The van der Waals surface area contributed by atoms with Gasteiger partial charge in [-0.1, -0.05) is 18.2 Å². The van der Waals surface area contributed by atoms with Crippen LogP contribution in [-0.4, -0.2) is 39.1 Å². The van der Waals surface area contributed by atoms with E-state index in [0.29, 0.717) is 11.1 Å². The van der Waals surface area contributed by atoms with Gasteiger partial charge in [-0.3, -0.25) is 19.6 Å². The number of nitrogens with one attached hydrogen (secondary N) is 1. The fourth-order valence-electron chi connectivity index (χ4n) is 3.26. The van der Waals surface area contributed by atoms with Crippen molar-refractivity contribution in [3.05, 3.63) is 77.7 Å². The first-order chi connectivity index (χ1) is 16.0. The Morgan fingerprint density at radius 2 is 1.71 bits per heavy atom. The molecule has 2 aromatic carbocycles. The zero-order valence-corrected chi connectivity index (χ0v) is 19.8. The fourth-order valence-corrected chi connectivity index (χ4v) is 3.26. The Balaban J connectivity index is 1.84. The van der Waals surface area contributed by atoms with Crippen LogP contribution in [-0.2, 0) is 9.53 Å². The minimum Gasteiger partial charge on any atom is -0.443 e. The summed E-state index contributed by atoms with van der Waals surface area (Å²) < 4.78 is 20.0. The molecule has 1 heterocycles. The normalized spacial score (nSPS) is 11.7. The number of benzene rings is 2. The quantitative estimate of drug-likeness (QED) is 0.426. The number of nitrogens with zero attached hydrogens (tertiary/aromatic N) is 2. The standard InChI is InChI=1S/C26H28FN3O4/c1-17(2)30(28-24(32)18-10-13-20(27)14-11-18)23(31)15-12-19-16-29(25(33)34-26(3,4)5)22-9-7-6-8-21(19)22/h6-17H,1-5H3,(H,28,32). The lowest BCUT2D eigenvalue weighted by Gasteiger charge is -2.25. The van der Waals surface area contributed by atoms with Gasteiger partial charge in [0, 0.05) is 34.8 Å². The average molecular weight is 466 g/mol. The van der Waals surface area contributed by atoms with Gasteiger partial charge in [0.2, 0.25) is 0 Å². The second kappa shape index (κ2) is 9.91. The molecule has 0 spiro atoms. The van der Waals surface area contributed by atoms with Gasteiger partial charge in [0.05, 0.1) is 5.52 Å². The molecule has 3 aromatic rings. The van der Waals surface area contributed by atoms with Gasteiger partial charge in [0.15, 0.2) is 0 Å². The maximum Gasteiger partial charge on any atom is 0.419 e. The molecular formula is C26H28FN3O4. The van der Waals surface area contributed by atoms with Crippen LogP contribution in [0, 0.1) is 5.82 Å². The summed E-state index contributed by atoms with van der Waals surface area (Å²) in [4.78, 5) is 38.1. The number of ether oxygens (including phenoxy) is 1. The first-order valence-corrected chi connectivity index (χ1v) is 10.9. The number of hydrogen-bond acceptors (Lipinski definition) is 4. The second-order valence-electron chi connectivity index (χ2n) is 9.04. The first kappa shape index (κ1) is 24.7. The SMILES string of the molecule is CC(C)N(NC(=O)c1ccc(F)cc1)C(=O)C=Cc1cn(C(=O)OC(C)(C)C)c2ccccc12. The molecule has 0 aliphatic rings. The highest BCUT2D eigenvalue weighted by molar-refractivity contribution is 6.01. The Bertz CT molecular complexity index is 1240. The van der Waals surface area contributed by atoms with E-state index in [1.165, 1.54) is 39.9 Å². The Hall–Kier alpha value is -3.94. The number of carbonyl (C=O) groups is 3. The Morgan fingerprint density at radius 3 is 2.32 bits per heavy atom. The van der Waals surface area contributed by atoms with Gasteiger partial charge in [-0.05, 0) is 71.0 Å². The zero-order valence-electron chi connectivity index (χ0n) is 19.8. The third-order valence-corrected chi connectivity index (χ3v) is 4.82. The van der Waals surface area contributed by atoms with Crippen molar-refractivity contribution in [2.75, 3.05) is 0 Å². The van der Waals surface area contributed by atoms with Crippen molar-refractivity contribution in [3.63, 3.8) is 0 Å². The van der Waals surface area contributed by atoms with E-state index in [1.54, 1.807) is 53.0 Å². The van der Waals surface area contributed by atoms with Crippen molar-refractivity contribution in [3.8, 4) is 0 Å². The van der Waals surface area contributed by atoms with Gasteiger partial charge in [-0.25, -0.2) is 14.2 Å². The molecule has 0 saturated carbocycles. The van der Waals surface area contributed by atoms with Crippen molar-refractivity contribution < 1.29 is 23.5 Å². The second-order valence-corrected chi connectivity index (χ2v) is 9.04. The summed E-state index contributed by atoms with van der Waals surface area (Å²) in [5.74, 6) is -1.45. The summed E-state index contributed by atoms with van der Waals surface area (Å²) in [7, 11) is 0. The van der Waals surface area contributed by atoms with Crippen LogP contribution < -0.4 is 5.43 Å². The molecule has 0 aliphatic carbocycles. The molecule has 7 nitrogen and oxygen atoms in total. The van der Waals surface area contributed by atoms with Gasteiger partial charge >= 0.3 is 6.09 Å². The van der Waals surface area contributed by atoms with Crippen molar-refractivity contribution in [2.45, 2.75) is 46.3 Å². The number of para-hydroxylation sites is 1. The van der Waals surface area contributed by atoms with E-state index in [2.05, 4.69) is 5.43 Å². The van der Waals surface area contributed by atoms with E-state index in [9.17, 15) is 18.8 Å². The van der Waals surface area contributed by atoms with Crippen LogP contribution in [0.5, 0.6) is 0 Å². The third kappa shape index (κ3) is 5.89. The van der Waals surface area contributed by atoms with Crippen LogP contribution >= 0.6 is 0 Å². The zero-order chi connectivity index (χ0) is 25.0. The van der Waals surface area contributed by atoms with Crippen molar-refractivity contribution in [1.82, 2.24) is 15.0 Å². The number of amides is 2. The molecule has 34 heavy (non-hydrogen) atoms. The summed E-state index contributed by atoms with van der Waals surface area (Å²) in [5.41, 5.74) is 3.42. The molecule has 0 radical (unpaired) electrons. The summed E-state index contributed by atoms with van der Waals surface area (Å²) in [6.07, 6.45) is 4.00. The van der Waals surface area contributed by atoms with Crippen LogP contribution in [0.15, 0.2) is 60.8 Å². The lowest BCUT2D eigenvalue weighted by Crippen LogP contribution is -2.49. The van der Waals surface area contributed by atoms with E-state index in [-0.39, 0.29) is 11.6 Å². The lowest BCUT2D eigenvalue weighted by atomic mass is 10.1. The number of hydrogen-bond donors (Lipinski definition) is 1. The van der Waals surface area contributed by atoms with Gasteiger partial charge in [-0.2, -0.15) is 0 Å². The highest BCUT2D eigenvalue weighted by atomic mass is 19.1. The van der Waals surface area contributed by atoms with Crippen LogP contribution in [0.2, 0.25) is 0 Å². The number of fused-ring (bicyclic) bond motifs is 1. The van der Waals surface area contributed by atoms with Crippen LogP contribution in [0.25, 0.3) is 17.0 Å². The average Bonchev–Trinajstić information content (AvgIpc) is 3.14. The molecule has 0 aliphatic heterocycles. The minimum absolute atomic E-state index is 0.226. The summed E-state index contributed by atoms with van der Waals surface area (Å²) in [6.45, 7) is 8.88. The molecule has 1 aromatic heterocycles. The van der Waals surface area contributed by atoms with Gasteiger partial charge in [0.1, 0.15) is 11.4 Å². The van der Waals surface area contributed by atoms with Crippen LogP contribution in [0.3, 0.4) is 0 Å². The molecule has 0 saturated heterocycles. The van der Waals surface area contributed by atoms with Crippen molar-refractivity contribution in [2.24, 2.45) is 0 Å². The van der Waals surface area contributed by atoms with Crippen molar-refractivity contribution in [1.29, 1.82) is 0 Å². The molecule has 0 bridgehead atoms. The monoisotopic (exact) mass is 465 g/mol. The molecule has 0 atom stereocenters. The first-order valence-electron chi connectivity index (χ1n) is 10.9. The maximum absolute atomic E-state index is 13.1. The van der Waals surface area contributed by atoms with E-state index >= 15 is 0 Å². The largest absolute Gasteiger partial charge is 0.443 e. The lowest BCUT2D eigenvalue weighted by molar-refractivity contribution is -0.130. The number of rotatable bonds is 4. The number of carbonyl (C=O) groups excluding carboxylic acids is 3. The Morgan fingerprint density at radius 1 is 1.06 bits per heavy atom. The van der Waals surface area contributed by atoms with E-state index in [4.69, 9.17) is 4.74 Å². The fraction of sp³-hybridized carbons (Fsp3) is 0.269. The molecule has 1 N–H and O–H groups in total. The van der Waals surface area contributed by atoms with Crippen LogP contribution in [0.1, 0.15) is 50.5 Å². The molecule has 3 rings (SSSR count). The van der Waals surface area contributed by atoms with Crippen molar-refractivity contribution >= 4 is 34.9 Å². The predicted octanol–water partition coefficient (Wildman–Crippen LogP) is 5.16. The van der Waals surface area contributed by atoms with E-state index in [1.807, 2.05) is 18.2 Å².